The van der Waals surface area contributed by atoms with Crippen molar-refractivity contribution in [1.82, 2.24) is 10.3 Å². The normalized spacial score (nSPS) is 21.9. The Labute approximate surface area is 128 Å². The molecule has 21 heavy (non-hydrogen) atoms. The highest BCUT2D eigenvalue weighted by molar-refractivity contribution is 6.52. The Bertz CT molecular complexity index is 513. The van der Waals surface area contributed by atoms with Crippen molar-refractivity contribution in [3.05, 3.63) is 35.6 Å². The zero-order chi connectivity index (χ0) is 15.7. The van der Waals surface area contributed by atoms with Crippen molar-refractivity contribution in [3.8, 4) is 0 Å². The Hall–Kier alpha value is -1.17. The van der Waals surface area contributed by atoms with Gasteiger partial charge in [-0.05, 0) is 58.9 Å². The maximum atomic E-state index is 5.97. The first kappa shape index (κ1) is 16.2. The van der Waals surface area contributed by atoms with E-state index in [-0.39, 0.29) is 24.4 Å². The predicted octanol–water partition coefficient (Wildman–Crippen LogP) is 3.01. The average Bonchev–Trinajstić information content (AvgIpc) is 2.64. The third-order valence-electron chi connectivity index (χ3n) is 4.49. The molecule has 0 radical (unpaired) electrons. The van der Waals surface area contributed by atoms with Crippen LogP contribution in [0, 0.1) is 0 Å². The summed E-state index contributed by atoms with van der Waals surface area (Å²) in [6.07, 6.45) is 5.74. The van der Waals surface area contributed by atoms with Crippen LogP contribution in [-0.4, -0.2) is 30.4 Å². The number of aromatic nitrogens is 1. The Morgan fingerprint density at radius 3 is 2.43 bits per heavy atom. The first-order valence-electron chi connectivity index (χ1n) is 7.42. The monoisotopic (exact) mass is 288 g/mol. The average molecular weight is 288 g/mol. The quantitative estimate of drug-likeness (QED) is 0.865. The molecule has 5 heteroatoms. The van der Waals surface area contributed by atoms with Gasteiger partial charge in [-0.15, -0.1) is 0 Å². The van der Waals surface area contributed by atoms with Crippen LogP contribution in [0.3, 0.4) is 0 Å². The second-order valence-electron chi connectivity index (χ2n) is 6.50. The molecule has 1 N–H and O–H groups in total. The fraction of sp³-hybridized carbons (Fsp3) is 0.562. The van der Waals surface area contributed by atoms with Gasteiger partial charge in [0.05, 0.1) is 11.2 Å². The molecule has 4 nitrogen and oxygen atoms in total. The minimum atomic E-state index is -0.319. The van der Waals surface area contributed by atoms with Crippen molar-refractivity contribution in [2.45, 2.75) is 51.9 Å². The molecule has 1 aliphatic heterocycles. The molecule has 0 unspecified atom stereocenters. The summed E-state index contributed by atoms with van der Waals surface area (Å²) in [5.74, 6) is 1.97. The summed E-state index contributed by atoms with van der Waals surface area (Å²) in [6, 6.07) is 2.25. The Morgan fingerprint density at radius 2 is 1.86 bits per heavy atom. The molecular weight excluding hydrogens is 263 g/mol. The molecule has 1 aromatic heterocycles. The molecule has 0 bridgehead atoms. The standard InChI is InChI=1S/C16H25BN2O2/c1-12(18-6)14-11-19-10-8-13(14)7-9-17-20-15(2,3)16(4,5)21-17/h7-12,18H,1-6H3/b9-7+/t12-/m0/s1. The summed E-state index contributed by atoms with van der Waals surface area (Å²) in [7, 11) is 1.63. The summed E-state index contributed by atoms with van der Waals surface area (Å²) in [5, 5.41) is 3.24. The number of nitrogens with zero attached hydrogens (tertiary/aromatic N) is 1. The molecule has 0 saturated carbocycles. The van der Waals surface area contributed by atoms with Crippen LogP contribution in [0.4, 0.5) is 0 Å². The summed E-state index contributed by atoms with van der Waals surface area (Å²) >= 11 is 0. The van der Waals surface area contributed by atoms with Gasteiger partial charge in [0.25, 0.3) is 0 Å². The number of nitrogens with one attached hydrogen (secondary N) is 1. The van der Waals surface area contributed by atoms with E-state index < -0.39 is 0 Å². The maximum Gasteiger partial charge on any atom is 0.487 e. The van der Waals surface area contributed by atoms with Crippen LogP contribution < -0.4 is 5.32 Å². The van der Waals surface area contributed by atoms with Gasteiger partial charge in [-0.25, -0.2) is 0 Å². The van der Waals surface area contributed by atoms with Crippen molar-refractivity contribution in [1.29, 1.82) is 0 Å². The van der Waals surface area contributed by atoms with Gasteiger partial charge in [0.1, 0.15) is 0 Å². The fourth-order valence-corrected chi connectivity index (χ4v) is 2.24. The maximum absolute atomic E-state index is 5.97. The van der Waals surface area contributed by atoms with Crippen LogP contribution in [0.15, 0.2) is 24.4 Å². The largest absolute Gasteiger partial charge is 0.487 e. The van der Waals surface area contributed by atoms with Crippen LogP contribution in [0.1, 0.15) is 51.8 Å². The highest BCUT2D eigenvalue weighted by atomic mass is 16.7. The van der Waals surface area contributed by atoms with Crippen molar-refractivity contribution >= 4 is 13.2 Å². The molecule has 1 aliphatic rings. The minimum absolute atomic E-state index is 0.247. The van der Waals surface area contributed by atoms with Crippen LogP contribution in [0.2, 0.25) is 0 Å². The van der Waals surface area contributed by atoms with Crippen molar-refractivity contribution in [2.75, 3.05) is 7.05 Å². The summed E-state index contributed by atoms with van der Waals surface area (Å²) in [5.41, 5.74) is 1.68. The third kappa shape index (κ3) is 3.36. The highest BCUT2D eigenvalue weighted by Gasteiger charge is 2.49. The zero-order valence-corrected chi connectivity index (χ0v) is 13.8. The fourth-order valence-electron chi connectivity index (χ4n) is 2.24. The van der Waals surface area contributed by atoms with E-state index in [0.717, 1.165) is 11.1 Å². The SMILES string of the molecule is CN[C@@H](C)c1cnccc1/C=C/B1OC(C)(C)C(C)(C)O1. The second kappa shape index (κ2) is 5.91. The van der Waals surface area contributed by atoms with Gasteiger partial charge in [0.15, 0.2) is 0 Å². The van der Waals surface area contributed by atoms with Crippen molar-refractivity contribution < 1.29 is 9.31 Å². The van der Waals surface area contributed by atoms with Gasteiger partial charge < -0.3 is 14.6 Å². The van der Waals surface area contributed by atoms with Gasteiger partial charge in [0, 0.05) is 18.4 Å². The van der Waals surface area contributed by atoms with E-state index in [1.807, 2.05) is 31.4 Å². The lowest BCUT2D eigenvalue weighted by Gasteiger charge is -2.32. The van der Waals surface area contributed by atoms with Gasteiger partial charge in [-0.3, -0.25) is 4.98 Å². The van der Waals surface area contributed by atoms with E-state index in [1.54, 1.807) is 6.20 Å². The molecule has 114 valence electrons. The Morgan fingerprint density at radius 1 is 1.24 bits per heavy atom. The first-order valence-corrected chi connectivity index (χ1v) is 7.42. The molecule has 1 fully saturated rings. The third-order valence-corrected chi connectivity index (χ3v) is 4.49. The Balaban J connectivity index is 2.17. The van der Waals surface area contributed by atoms with E-state index in [2.05, 4.69) is 44.9 Å². The number of pyridine rings is 1. The van der Waals surface area contributed by atoms with Crippen molar-refractivity contribution in [2.24, 2.45) is 0 Å². The zero-order valence-electron chi connectivity index (χ0n) is 13.8. The van der Waals surface area contributed by atoms with E-state index in [4.69, 9.17) is 9.31 Å². The number of hydrogen-bond donors (Lipinski definition) is 1. The number of hydrogen-bond acceptors (Lipinski definition) is 4. The molecule has 0 aliphatic carbocycles. The van der Waals surface area contributed by atoms with Gasteiger partial charge >= 0.3 is 7.12 Å². The summed E-state index contributed by atoms with van der Waals surface area (Å²) < 4.78 is 11.9. The highest BCUT2D eigenvalue weighted by Crippen LogP contribution is 2.37. The lowest BCUT2D eigenvalue weighted by molar-refractivity contribution is 0.00578. The number of rotatable bonds is 4. The first-order chi connectivity index (χ1) is 9.77. The van der Waals surface area contributed by atoms with E-state index in [1.165, 1.54) is 0 Å². The smallest absolute Gasteiger partial charge is 0.400 e. The second-order valence-corrected chi connectivity index (χ2v) is 6.50. The molecule has 1 atom stereocenters. The summed E-state index contributed by atoms with van der Waals surface area (Å²) in [6.45, 7) is 10.3. The molecule has 1 aromatic rings. The van der Waals surface area contributed by atoms with Crippen LogP contribution >= 0.6 is 0 Å². The van der Waals surface area contributed by atoms with E-state index in [0.29, 0.717) is 0 Å². The molecule has 0 aromatic carbocycles. The molecule has 0 amide bonds. The topological polar surface area (TPSA) is 43.4 Å². The predicted molar refractivity (Wildman–Crippen MR) is 86.8 cm³/mol. The van der Waals surface area contributed by atoms with Gasteiger partial charge in [0.2, 0.25) is 0 Å². The van der Waals surface area contributed by atoms with E-state index >= 15 is 0 Å². The van der Waals surface area contributed by atoms with Crippen molar-refractivity contribution in [3.63, 3.8) is 0 Å². The van der Waals surface area contributed by atoms with E-state index in [9.17, 15) is 0 Å². The Kier molecular flexibility index (Phi) is 4.56. The molecule has 2 heterocycles. The van der Waals surface area contributed by atoms with Crippen LogP contribution in [0.25, 0.3) is 6.08 Å². The lowest BCUT2D eigenvalue weighted by atomic mass is 9.88. The molecule has 0 spiro atoms. The molecular formula is C16H25BN2O2. The molecule has 1 saturated heterocycles. The van der Waals surface area contributed by atoms with Gasteiger partial charge in [-0.2, -0.15) is 0 Å². The van der Waals surface area contributed by atoms with Gasteiger partial charge in [-0.1, -0.05) is 12.1 Å². The van der Waals surface area contributed by atoms with Crippen LogP contribution in [-0.2, 0) is 9.31 Å². The minimum Gasteiger partial charge on any atom is -0.400 e. The van der Waals surface area contributed by atoms with Crippen LogP contribution in [0.5, 0.6) is 0 Å². The molecule has 2 rings (SSSR count). The lowest BCUT2D eigenvalue weighted by Crippen LogP contribution is -2.41. The summed E-state index contributed by atoms with van der Waals surface area (Å²) in [4.78, 5) is 4.20.